The fourth-order valence-corrected chi connectivity index (χ4v) is 10.8. The number of carbonyl (C=O) groups is 3. The number of likely N-dealkylation sites (tertiary alicyclic amines) is 1. The fourth-order valence-electron chi connectivity index (χ4n) is 10.8. The molecule has 3 N–H and O–H groups in total. The van der Waals surface area contributed by atoms with Crippen molar-refractivity contribution >= 4 is 40.0 Å². The number of aromatic amines is 1. The van der Waals surface area contributed by atoms with E-state index in [9.17, 15) is 34.2 Å². The van der Waals surface area contributed by atoms with Gasteiger partial charge < -0.3 is 43.2 Å². The minimum Gasteiger partial charge on any atom is -0.508 e. The van der Waals surface area contributed by atoms with E-state index < -0.39 is 35.1 Å². The molecule has 0 aliphatic carbocycles. The maximum Gasteiger partial charge on any atom is 0.514 e. The van der Waals surface area contributed by atoms with Gasteiger partial charge in [-0.1, -0.05) is 27.7 Å². The van der Waals surface area contributed by atoms with Crippen molar-refractivity contribution < 1.29 is 43.5 Å². The van der Waals surface area contributed by atoms with Crippen LogP contribution in [-0.2, 0) is 50.7 Å². The largest absolute Gasteiger partial charge is 0.514 e. The van der Waals surface area contributed by atoms with Crippen LogP contribution in [0.5, 0.6) is 17.2 Å². The summed E-state index contributed by atoms with van der Waals surface area (Å²) in [6, 6.07) is 17.6. The molecule has 3 aromatic carbocycles. The summed E-state index contributed by atoms with van der Waals surface area (Å²) in [5.41, 5.74) is 3.20. The zero-order valence-electron chi connectivity index (χ0n) is 42.0. The molecule has 1 unspecified atom stereocenters. The number of esters is 1. The number of cyclic esters (lactones) is 1. The minimum absolute atomic E-state index is 0.0289. The predicted molar refractivity (Wildman–Crippen MR) is 271 cm³/mol. The van der Waals surface area contributed by atoms with Gasteiger partial charge in [0.25, 0.3) is 5.56 Å². The van der Waals surface area contributed by atoms with E-state index in [1.807, 2.05) is 51.2 Å². The van der Waals surface area contributed by atoms with Crippen molar-refractivity contribution in [3.63, 3.8) is 0 Å². The third kappa shape index (κ3) is 8.75. The summed E-state index contributed by atoms with van der Waals surface area (Å²) < 4.78 is 28.0. The molecule has 73 heavy (non-hydrogen) atoms. The van der Waals surface area contributed by atoms with Gasteiger partial charge in [-0.25, -0.2) is 33.8 Å². The van der Waals surface area contributed by atoms with Crippen LogP contribution >= 0.6 is 0 Å². The molecule has 7 heterocycles. The second-order valence-corrected chi connectivity index (χ2v) is 20.5. The molecule has 0 spiro atoms. The first-order chi connectivity index (χ1) is 34.9. The summed E-state index contributed by atoms with van der Waals surface area (Å²) >= 11 is 0. The number of ether oxygens (including phenoxy) is 4. The van der Waals surface area contributed by atoms with Crippen molar-refractivity contribution in [2.24, 2.45) is 5.92 Å². The number of phenolic OH excluding ortho intramolecular Hbond substituents is 2. The Morgan fingerprint density at radius 3 is 2.47 bits per heavy atom. The number of H-pyrrole nitrogens is 1. The van der Waals surface area contributed by atoms with E-state index in [-0.39, 0.29) is 53.9 Å². The lowest BCUT2D eigenvalue weighted by molar-refractivity contribution is -0.173. The lowest BCUT2D eigenvalue weighted by Crippen LogP contribution is -2.50. The Morgan fingerprint density at radius 2 is 1.74 bits per heavy atom. The van der Waals surface area contributed by atoms with E-state index in [4.69, 9.17) is 23.9 Å². The summed E-state index contributed by atoms with van der Waals surface area (Å²) in [6.07, 6.45) is 4.53. The van der Waals surface area contributed by atoms with Gasteiger partial charge in [0, 0.05) is 59.3 Å². The summed E-state index contributed by atoms with van der Waals surface area (Å²) in [6.45, 7) is 14.5. The maximum atomic E-state index is 14.4. The number of piperidine rings is 1. The van der Waals surface area contributed by atoms with Crippen LogP contribution in [0.25, 0.3) is 50.3 Å². The van der Waals surface area contributed by atoms with Gasteiger partial charge in [0.15, 0.2) is 5.82 Å². The van der Waals surface area contributed by atoms with Gasteiger partial charge in [0.2, 0.25) is 5.60 Å². The van der Waals surface area contributed by atoms with E-state index in [2.05, 4.69) is 14.8 Å². The number of aromatic hydroxyl groups is 2. The molecule has 18 heteroatoms. The first-order valence-corrected chi connectivity index (χ1v) is 25.0. The molecule has 1 saturated heterocycles. The monoisotopic (exact) mass is 993 g/mol. The average Bonchev–Trinajstić information content (AvgIpc) is 4.05. The number of carbonyl (C=O) groups excluding carboxylic acids is 3. The number of nitrogens with zero attached hydrogens (tertiary/aromatic N) is 6. The molecule has 18 nitrogen and oxygen atoms in total. The molecule has 10 rings (SSSR count). The Hall–Kier alpha value is -7.89. The van der Waals surface area contributed by atoms with Crippen molar-refractivity contribution in [3.05, 3.63) is 116 Å². The van der Waals surface area contributed by atoms with E-state index in [1.54, 1.807) is 67.5 Å². The third-order valence-electron chi connectivity index (χ3n) is 14.5. The van der Waals surface area contributed by atoms with Crippen LogP contribution in [0.2, 0.25) is 0 Å². The second-order valence-electron chi connectivity index (χ2n) is 20.5. The molecule has 4 aromatic heterocycles. The first-order valence-electron chi connectivity index (χ1n) is 25.0. The smallest absolute Gasteiger partial charge is 0.508 e. The second kappa shape index (κ2) is 18.6. The fraction of sp³-hybridized carbons (Fsp3) is 0.400. The highest BCUT2D eigenvalue weighted by Gasteiger charge is 2.51. The van der Waals surface area contributed by atoms with Gasteiger partial charge in [-0.05, 0) is 137 Å². The normalized spacial score (nSPS) is 16.7. The number of aryl methyl sites for hydroxylation is 2. The van der Waals surface area contributed by atoms with Crippen LogP contribution in [0.3, 0.4) is 0 Å². The van der Waals surface area contributed by atoms with Gasteiger partial charge in [0.1, 0.15) is 29.5 Å². The molecule has 1 atom stereocenters. The van der Waals surface area contributed by atoms with Crippen LogP contribution in [0.4, 0.5) is 9.59 Å². The summed E-state index contributed by atoms with van der Waals surface area (Å²) in [5.74, 6) is -0.0872. The van der Waals surface area contributed by atoms with Gasteiger partial charge in [-0.2, -0.15) is 5.10 Å². The summed E-state index contributed by atoms with van der Waals surface area (Å²) in [4.78, 5) is 74.6. The zero-order chi connectivity index (χ0) is 51.7. The van der Waals surface area contributed by atoms with Crippen LogP contribution in [-0.4, -0.2) is 80.9 Å². The van der Waals surface area contributed by atoms with Crippen molar-refractivity contribution in [1.29, 1.82) is 0 Å². The quantitative estimate of drug-likeness (QED) is 0.0625. The standard InChI is InChI=1S/C55H59N7O11/c1-8-35-37-24-34(71-53(69)73-54(5,6)7)13-14-42(37)56-47-39(35)28-61-44(47)26-41-40(49(61)65)29-70-50(66)55(41,9-2)72-52(68)60-20-16-31(17-21-60)11-10-19-59-22-18-32-23-33(12-15-43(32)59)62-48(57-58-51(62)67)38-25-36(30(3)4)45(63)27-46(38)64/h12-15,18,22-27,30-31,63-64H,8-11,16-17,19-21,28-29H2,1-7H3,(H,58,67). The molecule has 0 saturated carbocycles. The number of benzene rings is 3. The number of rotatable bonds is 11. The highest BCUT2D eigenvalue weighted by atomic mass is 16.7. The topological polar surface area (TPSA) is 222 Å². The Labute approximate surface area is 420 Å². The zero-order valence-corrected chi connectivity index (χ0v) is 42.0. The Kier molecular flexibility index (Phi) is 12.4. The number of hydrogen-bond acceptors (Lipinski definition) is 13. The lowest BCUT2D eigenvalue weighted by Gasteiger charge is -2.38. The highest BCUT2D eigenvalue weighted by Crippen LogP contribution is 2.44. The maximum absolute atomic E-state index is 14.4. The van der Waals surface area contributed by atoms with Gasteiger partial charge in [-0.3, -0.25) is 4.79 Å². The molecular weight excluding hydrogens is 935 g/mol. The molecule has 0 bridgehead atoms. The van der Waals surface area contributed by atoms with Crippen molar-refractivity contribution in [2.75, 3.05) is 13.1 Å². The Balaban J connectivity index is 0.804. The molecule has 7 aromatic rings. The minimum atomic E-state index is -1.85. The number of hydrogen-bond donors (Lipinski definition) is 3. The molecule has 1 amide bonds. The van der Waals surface area contributed by atoms with Crippen LogP contribution < -0.4 is 16.0 Å². The number of fused-ring (bicyclic) bond motifs is 6. The van der Waals surface area contributed by atoms with E-state index in [0.717, 1.165) is 59.6 Å². The number of aromatic nitrogens is 6. The van der Waals surface area contributed by atoms with Crippen molar-refractivity contribution in [2.45, 2.75) is 124 Å². The van der Waals surface area contributed by atoms with E-state index in [1.165, 1.54) is 10.6 Å². The van der Waals surface area contributed by atoms with E-state index >= 15 is 0 Å². The van der Waals surface area contributed by atoms with Gasteiger partial charge in [0.05, 0.1) is 40.3 Å². The summed E-state index contributed by atoms with van der Waals surface area (Å²) in [7, 11) is 0. The first kappa shape index (κ1) is 48.7. The van der Waals surface area contributed by atoms with Crippen LogP contribution in [0.1, 0.15) is 114 Å². The molecule has 0 radical (unpaired) electrons. The van der Waals surface area contributed by atoms with E-state index in [0.29, 0.717) is 70.5 Å². The van der Waals surface area contributed by atoms with Gasteiger partial charge in [-0.15, -0.1) is 0 Å². The number of nitrogens with one attached hydrogen (secondary N) is 1. The van der Waals surface area contributed by atoms with Crippen molar-refractivity contribution in [3.8, 4) is 45.7 Å². The highest BCUT2D eigenvalue weighted by molar-refractivity contribution is 5.91. The molecular formula is C55H59N7O11. The third-order valence-corrected chi connectivity index (χ3v) is 14.5. The number of pyridine rings is 2. The number of amides is 1. The molecule has 3 aliphatic heterocycles. The molecule has 1 fully saturated rings. The Morgan fingerprint density at radius 1 is 0.959 bits per heavy atom. The van der Waals surface area contributed by atoms with Gasteiger partial charge >= 0.3 is 23.9 Å². The van der Waals surface area contributed by atoms with Crippen LogP contribution in [0, 0.1) is 5.92 Å². The predicted octanol–water partition coefficient (Wildman–Crippen LogP) is 9.32. The molecule has 3 aliphatic rings. The SMILES string of the molecule is CCc1c2c(nc3ccc(OC(=O)OC(C)(C)C)cc13)-c1cc3c(c(=O)n1C2)COC(=O)C3(CC)OC(=O)N1CCC(CCCn2ccc3cc(-n4c(-c5cc(C(C)C)c(O)cc5O)n[nH]c4=O)ccc32)CC1. The van der Waals surface area contributed by atoms with Crippen molar-refractivity contribution in [1.82, 2.24) is 33.8 Å². The average molecular weight is 994 g/mol. The Bertz CT molecular complexity index is 3500. The molecule has 380 valence electrons. The van der Waals surface area contributed by atoms with Crippen LogP contribution in [0.15, 0.2) is 76.4 Å². The number of phenols is 2. The lowest BCUT2D eigenvalue weighted by atomic mass is 9.85. The summed E-state index contributed by atoms with van der Waals surface area (Å²) in [5, 5.41) is 29.6.